The van der Waals surface area contributed by atoms with Gasteiger partial charge in [0.1, 0.15) is 42.7 Å². The van der Waals surface area contributed by atoms with Crippen LogP contribution in [0.5, 0.6) is 0 Å². The number of methoxy groups -OCH3 is 1. The number of carbonyl (C=O) groups excluding carboxylic acids is 2. The van der Waals surface area contributed by atoms with Crippen LogP contribution >= 0.6 is 0 Å². The van der Waals surface area contributed by atoms with E-state index in [1.54, 1.807) is 14.0 Å². The highest BCUT2D eigenvalue weighted by molar-refractivity contribution is 5.75. The predicted octanol–water partition coefficient (Wildman–Crippen LogP) is 0.881. The first-order chi connectivity index (χ1) is 34.9. The molecule has 74 heavy (non-hydrogen) atoms. The molecule has 27 atom stereocenters. The molecule has 0 spiro atoms. The van der Waals surface area contributed by atoms with E-state index in [4.69, 9.17) is 47.4 Å². The van der Waals surface area contributed by atoms with E-state index in [0.29, 0.717) is 31.3 Å². The van der Waals surface area contributed by atoms with E-state index in [9.17, 15) is 55.5 Å². The molecule has 3 saturated carbocycles. The number of allylic oxidation sites excluding steroid dienone is 1. The topological polar surface area (TPSA) is 309 Å². The number of hydrogen-bond donors (Lipinski definition) is 9. The summed E-state index contributed by atoms with van der Waals surface area (Å²) < 4.78 is 62.0. The van der Waals surface area contributed by atoms with Crippen molar-refractivity contribution in [2.24, 2.45) is 46.3 Å². The van der Waals surface area contributed by atoms with Crippen molar-refractivity contribution in [3.63, 3.8) is 0 Å². The summed E-state index contributed by atoms with van der Waals surface area (Å²) in [6.45, 7) is 16.2. The Bertz CT molecular complexity index is 2010. The van der Waals surface area contributed by atoms with Gasteiger partial charge in [-0.15, -0.1) is 0 Å². The third-order valence-electron chi connectivity index (χ3n) is 19.1. The summed E-state index contributed by atoms with van der Waals surface area (Å²) in [5, 5.41) is 95.3. The largest absolute Gasteiger partial charge is 0.455 e. The van der Waals surface area contributed by atoms with Crippen LogP contribution in [0.2, 0.25) is 0 Å². The summed E-state index contributed by atoms with van der Waals surface area (Å²) in [5.74, 6) is -2.41. The number of ether oxygens (including phenoxy) is 10. The fourth-order valence-electron chi connectivity index (χ4n) is 14.6. The van der Waals surface area contributed by atoms with Crippen LogP contribution in [0.4, 0.5) is 0 Å². The molecule has 8 aliphatic rings. The van der Waals surface area contributed by atoms with Gasteiger partial charge in [-0.2, -0.15) is 0 Å². The molecule has 0 aromatic carbocycles. The molecule has 422 valence electrons. The lowest BCUT2D eigenvalue weighted by molar-refractivity contribution is -0.363. The van der Waals surface area contributed by atoms with Crippen LogP contribution < -0.4 is 0 Å². The van der Waals surface area contributed by atoms with Gasteiger partial charge in [-0.05, 0) is 80.5 Å². The first-order valence-corrected chi connectivity index (χ1v) is 26.8. The molecule has 21 nitrogen and oxygen atoms in total. The Morgan fingerprint density at radius 1 is 0.892 bits per heavy atom. The van der Waals surface area contributed by atoms with Crippen molar-refractivity contribution in [1.29, 1.82) is 0 Å². The summed E-state index contributed by atoms with van der Waals surface area (Å²) in [4.78, 5) is 26.2. The summed E-state index contributed by atoms with van der Waals surface area (Å²) >= 11 is 0. The van der Waals surface area contributed by atoms with E-state index in [-0.39, 0.29) is 60.7 Å². The number of rotatable bonds is 17. The van der Waals surface area contributed by atoms with Gasteiger partial charge in [0.2, 0.25) is 0 Å². The monoisotopic (exact) mass is 1060 g/mol. The molecule has 0 unspecified atom stereocenters. The van der Waals surface area contributed by atoms with Gasteiger partial charge in [-0.25, -0.2) is 4.79 Å². The van der Waals surface area contributed by atoms with Crippen LogP contribution in [-0.2, 0) is 57.0 Å². The minimum atomic E-state index is -1.77. The third kappa shape index (κ3) is 10.5. The zero-order valence-corrected chi connectivity index (χ0v) is 44.1. The number of esters is 2. The Morgan fingerprint density at radius 3 is 2.27 bits per heavy atom. The standard InChI is InChI=1S/C53H84O21/c1-10-24(3)38(57)47(64)70-35-22-67-50(46(45(35)69-27(6)55)73-49-44(63)41(60)39(58)26(5)68-49)72-36-18-29(56)17-28-11-12-30-31(52(28,36)8)14-15-51(7)32(30)19-33-37(51)25(4)53(65-9,74-33)16-13-23(2)21-66-48-43(62)42(61)40(59)34(20-54)71-48/h11,24-26,29-46,48-50,54,56-63H,2,10,12-22H2,1,3-9H3/t24-,25-,26-,29+,30+,31-,32-,33-,34+,35-,36+,37-,38-,39-,40+,41+,42-,43+,44+,45-,46+,48+,49-,50-,51-,52-,53+/m0/s1. The third-order valence-corrected chi connectivity index (χ3v) is 19.1. The van der Waals surface area contributed by atoms with E-state index in [1.807, 2.05) is 6.92 Å². The molecule has 0 amide bonds. The van der Waals surface area contributed by atoms with Crippen molar-refractivity contribution < 1.29 is 103 Å². The van der Waals surface area contributed by atoms with Gasteiger partial charge in [-0.3, -0.25) is 4.79 Å². The molecule has 9 N–H and O–H groups in total. The van der Waals surface area contributed by atoms with Gasteiger partial charge in [0.05, 0.1) is 44.2 Å². The molecule has 8 rings (SSSR count). The Labute approximate surface area is 433 Å². The Morgan fingerprint density at radius 2 is 1.59 bits per heavy atom. The molecule has 4 aliphatic carbocycles. The van der Waals surface area contributed by atoms with Gasteiger partial charge >= 0.3 is 11.9 Å². The lowest BCUT2D eigenvalue weighted by Crippen LogP contribution is -2.64. The average Bonchev–Trinajstić information content (AvgIpc) is 3.83. The second-order valence-corrected chi connectivity index (χ2v) is 23.2. The molecule has 0 aromatic rings. The van der Waals surface area contributed by atoms with Crippen molar-refractivity contribution in [3.05, 3.63) is 23.8 Å². The first-order valence-electron chi connectivity index (χ1n) is 26.8. The molecule has 0 bridgehead atoms. The van der Waals surface area contributed by atoms with E-state index in [0.717, 1.165) is 31.3 Å². The van der Waals surface area contributed by atoms with Crippen molar-refractivity contribution in [2.75, 3.05) is 26.9 Å². The highest BCUT2D eigenvalue weighted by atomic mass is 16.8. The number of carbonyl (C=O) groups is 2. The average molecular weight is 1060 g/mol. The van der Waals surface area contributed by atoms with Gasteiger partial charge < -0.3 is 93.3 Å². The molecule has 0 radical (unpaired) electrons. The number of hydrogen-bond acceptors (Lipinski definition) is 21. The fourth-order valence-corrected chi connectivity index (χ4v) is 14.6. The van der Waals surface area contributed by atoms with E-state index in [1.165, 1.54) is 13.8 Å². The van der Waals surface area contributed by atoms with Crippen LogP contribution in [0.1, 0.15) is 106 Å². The van der Waals surface area contributed by atoms with Gasteiger partial charge in [0.15, 0.2) is 49.1 Å². The second-order valence-electron chi connectivity index (χ2n) is 23.2. The second kappa shape index (κ2) is 22.8. The zero-order valence-electron chi connectivity index (χ0n) is 44.1. The Kier molecular flexibility index (Phi) is 17.9. The predicted molar refractivity (Wildman–Crippen MR) is 257 cm³/mol. The molecule has 21 heteroatoms. The van der Waals surface area contributed by atoms with Crippen molar-refractivity contribution in [3.8, 4) is 0 Å². The van der Waals surface area contributed by atoms with Crippen LogP contribution in [0.25, 0.3) is 0 Å². The van der Waals surface area contributed by atoms with Gasteiger partial charge in [0.25, 0.3) is 0 Å². The first kappa shape index (κ1) is 57.9. The molecule has 4 aliphatic heterocycles. The van der Waals surface area contributed by atoms with Crippen molar-refractivity contribution in [1.82, 2.24) is 0 Å². The van der Waals surface area contributed by atoms with Crippen LogP contribution in [0.15, 0.2) is 23.8 Å². The lowest BCUT2D eigenvalue weighted by Gasteiger charge is -2.60. The van der Waals surface area contributed by atoms with E-state index in [2.05, 4.69) is 33.4 Å². The van der Waals surface area contributed by atoms with E-state index >= 15 is 0 Å². The summed E-state index contributed by atoms with van der Waals surface area (Å²) in [6, 6.07) is 0. The smallest absolute Gasteiger partial charge is 0.335 e. The maximum atomic E-state index is 13.3. The van der Waals surface area contributed by atoms with Crippen LogP contribution in [0.3, 0.4) is 0 Å². The quantitative estimate of drug-likeness (QED) is 0.0722. The molecule has 4 saturated heterocycles. The van der Waals surface area contributed by atoms with Crippen molar-refractivity contribution in [2.45, 2.75) is 222 Å². The lowest BCUT2D eigenvalue weighted by atomic mass is 9.46. The number of aliphatic hydroxyl groups excluding tert-OH is 9. The zero-order chi connectivity index (χ0) is 53.9. The fraction of sp³-hybridized carbons (Fsp3) is 0.887. The summed E-state index contributed by atoms with van der Waals surface area (Å²) in [6.07, 6.45) is -15.4. The highest BCUT2D eigenvalue weighted by Gasteiger charge is 2.69. The Balaban J connectivity index is 0.999. The Hall–Kier alpha value is -2.26. The van der Waals surface area contributed by atoms with Gasteiger partial charge in [0, 0.05) is 38.2 Å². The van der Waals surface area contributed by atoms with E-state index < -0.39 is 140 Å². The molecule has 4 heterocycles. The molecular formula is C53H84O21. The summed E-state index contributed by atoms with van der Waals surface area (Å²) in [5.41, 5.74) is 0.978. The minimum absolute atomic E-state index is 0.0120. The van der Waals surface area contributed by atoms with Crippen LogP contribution in [-0.4, -0.2) is 201 Å². The highest BCUT2D eigenvalue weighted by Crippen LogP contribution is 2.70. The number of fused-ring (bicyclic) bond motifs is 7. The number of aliphatic hydroxyl groups is 9. The summed E-state index contributed by atoms with van der Waals surface area (Å²) in [7, 11) is 1.66. The van der Waals surface area contributed by atoms with Gasteiger partial charge in [-0.1, -0.05) is 64.8 Å². The molecule has 7 fully saturated rings. The SMILES string of the molecule is C=C(CC[C@@]1(OC)O[C@H]2C[C@H]3[C@@H]4CC=C5C[C@@H](O)C[C@@H](O[C@@H]6OC[C@H](OC(=O)[C@@H](O)[C@@H](C)CC)[C@H](OC(C)=O)[C@H]6O[C@@H]6O[C@@H](C)[C@H](O)[C@@H](O)[C@H]6O)[C@]5(C)[C@H]4CC[C@]3(C)[C@H]2[C@@H]1C)CO[C@@H]1O[C@H](CO)[C@@H](O)[C@H](O)[C@H]1O. The molecule has 0 aromatic heterocycles. The maximum absolute atomic E-state index is 13.3. The minimum Gasteiger partial charge on any atom is -0.455 e. The van der Waals surface area contributed by atoms with Crippen molar-refractivity contribution >= 4 is 11.9 Å². The molecular weight excluding hydrogens is 973 g/mol. The normalized spacial score (nSPS) is 48.8. The maximum Gasteiger partial charge on any atom is 0.335 e. The van der Waals surface area contributed by atoms with Crippen LogP contribution in [0, 0.1) is 46.3 Å².